The molecule has 0 aliphatic heterocycles. The molecule has 5 N–H and O–H groups in total. The van der Waals surface area contributed by atoms with Gasteiger partial charge in [0.1, 0.15) is 6.04 Å². The lowest BCUT2D eigenvalue weighted by Gasteiger charge is -2.29. The highest BCUT2D eigenvalue weighted by molar-refractivity contribution is 7.92. The van der Waals surface area contributed by atoms with Gasteiger partial charge in [-0.05, 0) is 24.0 Å². The predicted octanol–water partition coefficient (Wildman–Crippen LogP) is 1.13. The molecule has 0 aromatic carbocycles. The van der Waals surface area contributed by atoms with Gasteiger partial charge >= 0.3 is 12.1 Å². The first-order valence-corrected chi connectivity index (χ1v) is 9.05. The first-order valence-electron chi connectivity index (χ1n) is 6.31. The van der Waals surface area contributed by atoms with Crippen molar-refractivity contribution in [2.75, 3.05) is 11.5 Å². The Hall–Kier alpha value is -1.24. The van der Waals surface area contributed by atoms with Gasteiger partial charge in [0, 0.05) is 33.0 Å². The van der Waals surface area contributed by atoms with Gasteiger partial charge in [0.2, 0.25) is 5.60 Å². The van der Waals surface area contributed by atoms with Crippen LogP contribution in [-0.4, -0.2) is 48.5 Å². The quantitative estimate of drug-likeness (QED) is 0.537. The van der Waals surface area contributed by atoms with Crippen molar-refractivity contribution in [3.05, 3.63) is 17.1 Å². The standard InChI is InChI=1S/C11H16F3N3O4S2/c12-11(13,14)10(20,8-1-4-22-17-8)3-6-23(16,21)5-2-7(15)9(18)19/h1,4,7,16,20H,2-3,5-6,15H2,(H,18,19)/t7-,10?,23?/m0/s1. The second-order valence-electron chi connectivity index (χ2n) is 4.95. The average molecular weight is 375 g/mol. The van der Waals surface area contributed by atoms with Gasteiger partial charge < -0.3 is 15.9 Å². The zero-order valence-corrected chi connectivity index (χ0v) is 13.4. The van der Waals surface area contributed by atoms with E-state index in [1.54, 1.807) is 0 Å². The summed E-state index contributed by atoms with van der Waals surface area (Å²) < 4.78 is 62.4. The van der Waals surface area contributed by atoms with Crippen LogP contribution in [0.5, 0.6) is 0 Å². The van der Waals surface area contributed by atoms with Gasteiger partial charge in [-0.2, -0.15) is 17.5 Å². The Kier molecular flexibility index (Phi) is 6.12. The van der Waals surface area contributed by atoms with E-state index in [1.165, 1.54) is 5.38 Å². The van der Waals surface area contributed by atoms with Crippen molar-refractivity contribution in [3.63, 3.8) is 0 Å². The fraction of sp³-hybridized carbons (Fsp3) is 0.636. The number of aliphatic carboxylic acids is 1. The molecule has 0 saturated heterocycles. The third kappa shape index (κ3) is 5.12. The third-order valence-corrected chi connectivity index (χ3v) is 5.52. The number of hydrogen-bond acceptors (Lipinski definition) is 7. The second-order valence-corrected chi connectivity index (χ2v) is 8.05. The highest BCUT2D eigenvalue weighted by Gasteiger charge is 2.56. The summed E-state index contributed by atoms with van der Waals surface area (Å²) in [7, 11) is -3.52. The lowest BCUT2D eigenvalue weighted by molar-refractivity contribution is -0.268. The number of nitrogens with two attached hydrogens (primary N) is 1. The van der Waals surface area contributed by atoms with Crippen LogP contribution in [0.2, 0.25) is 0 Å². The Morgan fingerprint density at radius 2 is 2.09 bits per heavy atom. The van der Waals surface area contributed by atoms with E-state index in [0.717, 1.165) is 17.6 Å². The van der Waals surface area contributed by atoms with E-state index in [2.05, 4.69) is 4.37 Å². The number of aromatic nitrogens is 1. The lowest BCUT2D eigenvalue weighted by Crippen LogP contribution is -2.44. The number of alkyl halides is 3. The summed E-state index contributed by atoms with van der Waals surface area (Å²) in [6.07, 6.45) is -6.36. The van der Waals surface area contributed by atoms with Crippen molar-refractivity contribution < 1.29 is 32.4 Å². The summed E-state index contributed by atoms with van der Waals surface area (Å²) in [5.74, 6) is -2.58. The van der Waals surface area contributed by atoms with Crippen molar-refractivity contribution in [3.8, 4) is 0 Å². The van der Waals surface area contributed by atoms with Crippen LogP contribution in [0, 0.1) is 4.78 Å². The van der Waals surface area contributed by atoms with Crippen LogP contribution in [-0.2, 0) is 20.1 Å². The number of rotatable bonds is 8. The first-order chi connectivity index (χ1) is 10.4. The Morgan fingerprint density at radius 1 is 1.48 bits per heavy atom. The van der Waals surface area contributed by atoms with Crippen molar-refractivity contribution in [1.82, 2.24) is 4.37 Å². The maximum absolute atomic E-state index is 13.1. The van der Waals surface area contributed by atoms with E-state index in [-0.39, 0.29) is 6.42 Å². The number of carbonyl (C=O) groups is 1. The van der Waals surface area contributed by atoms with Crippen LogP contribution < -0.4 is 5.73 Å². The molecule has 0 bridgehead atoms. The summed E-state index contributed by atoms with van der Waals surface area (Å²) in [4.78, 5) is 10.5. The lowest BCUT2D eigenvalue weighted by atomic mass is 9.96. The molecule has 1 rings (SSSR count). The van der Waals surface area contributed by atoms with Gasteiger partial charge in [0.05, 0.1) is 5.69 Å². The van der Waals surface area contributed by atoms with Crippen LogP contribution in [0.15, 0.2) is 11.4 Å². The molecule has 7 nitrogen and oxygen atoms in total. The van der Waals surface area contributed by atoms with E-state index in [1.807, 2.05) is 0 Å². The third-order valence-electron chi connectivity index (χ3n) is 3.20. The predicted molar refractivity (Wildman–Crippen MR) is 77.5 cm³/mol. The van der Waals surface area contributed by atoms with E-state index in [0.29, 0.717) is 0 Å². The molecule has 1 aromatic heterocycles. The van der Waals surface area contributed by atoms with E-state index >= 15 is 0 Å². The summed E-state index contributed by atoms with van der Waals surface area (Å²) >= 11 is 0.723. The highest BCUT2D eigenvalue weighted by Crippen LogP contribution is 2.41. The topological polar surface area (TPSA) is 137 Å². The molecule has 0 radical (unpaired) electrons. The second kappa shape index (κ2) is 7.11. The first kappa shape index (κ1) is 19.8. The fourth-order valence-corrected chi connectivity index (χ4v) is 3.74. The Morgan fingerprint density at radius 3 is 2.52 bits per heavy atom. The van der Waals surface area contributed by atoms with Crippen LogP contribution >= 0.6 is 11.5 Å². The molecule has 3 atom stereocenters. The van der Waals surface area contributed by atoms with Crippen molar-refractivity contribution in [1.29, 1.82) is 4.78 Å². The van der Waals surface area contributed by atoms with Crippen LogP contribution in [0.3, 0.4) is 0 Å². The fourth-order valence-electron chi connectivity index (χ4n) is 1.70. The highest BCUT2D eigenvalue weighted by atomic mass is 32.2. The van der Waals surface area contributed by atoms with Crippen LogP contribution in [0.1, 0.15) is 18.5 Å². The van der Waals surface area contributed by atoms with E-state index < -0.39 is 57.1 Å². The zero-order chi connectivity index (χ0) is 17.9. The average Bonchev–Trinajstić information content (AvgIpc) is 2.95. The molecule has 0 saturated carbocycles. The normalized spacial score (nSPS) is 18.8. The van der Waals surface area contributed by atoms with Crippen molar-refractivity contribution >= 4 is 27.2 Å². The molecule has 23 heavy (non-hydrogen) atoms. The van der Waals surface area contributed by atoms with Crippen LogP contribution in [0.4, 0.5) is 13.2 Å². The number of hydrogen-bond donors (Lipinski definition) is 4. The molecule has 12 heteroatoms. The minimum atomic E-state index is -5.05. The minimum absolute atomic E-state index is 0.307. The maximum atomic E-state index is 13.1. The number of nitrogens with one attached hydrogen (secondary N) is 1. The molecule has 1 heterocycles. The van der Waals surface area contributed by atoms with Crippen molar-refractivity contribution in [2.45, 2.75) is 30.7 Å². The van der Waals surface area contributed by atoms with E-state index in [9.17, 15) is 27.3 Å². The maximum Gasteiger partial charge on any atom is 0.423 e. The minimum Gasteiger partial charge on any atom is -0.480 e. The van der Waals surface area contributed by atoms with Crippen molar-refractivity contribution in [2.24, 2.45) is 5.73 Å². The summed E-state index contributed by atoms with van der Waals surface area (Å²) in [5.41, 5.74) is 1.29. The summed E-state index contributed by atoms with van der Waals surface area (Å²) in [6.45, 7) is 0. The van der Waals surface area contributed by atoms with Gasteiger partial charge in [0.15, 0.2) is 0 Å². The van der Waals surface area contributed by atoms with Gasteiger partial charge in [-0.1, -0.05) is 0 Å². The largest absolute Gasteiger partial charge is 0.480 e. The Balaban J connectivity index is 2.81. The number of aliphatic hydroxyl groups is 1. The van der Waals surface area contributed by atoms with E-state index in [4.69, 9.17) is 15.6 Å². The van der Waals surface area contributed by atoms with Crippen LogP contribution in [0.25, 0.3) is 0 Å². The number of nitrogens with zero attached hydrogens (tertiary/aromatic N) is 1. The molecule has 0 aliphatic rings. The molecule has 0 amide bonds. The Labute approximate surface area is 134 Å². The smallest absolute Gasteiger partial charge is 0.423 e. The molecule has 0 aliphatic carbocycles. The molecule has 132 valence electrons. The van der Waals surface area contributed by atoms with Gasteiger partial charge in [0.25, 0.3) is 0 Å². The summed E-state index contributed by atoms with van der Waals surface area (Å²) in [6, 6.07) is -0.342. The SMILES string of the molecule is N=S(=O)(CC[C@H](N)C(=O)O)CCC(O)(c1ccsn1)C(F)(F)F. The zero-order valence-electron chi connectivity index (χ0n) is 11.7. The number of carboxylic acids is 1. The number of carboxylic acid groups (broad SMARTS) is 1. The van der Waals surface area contributed by atoms with Gasteiger partial charge in [-0.25, -0.2) is 4.21 Å². The van der Waals surface area contributed by atoms with Gasteiger partial charge in [-0.15, -0.1) is 0 Å². The number of halogens is 3. The molecule has 1 aromatic rings. The monoisotopic (exact) mass is 375 g/mol. The Bertz CT molecular complexity index is 633. The molecular formula is C11H16F3N3O4S2. The summed E-state index contributed by atoms with van der Waals surface area (Å²) in [5, 5.41) is 19.8. The molecular weight excluding hydrogens is 359 g/mol. The molecule has 2 unspecified atom stereocenters. The molecule has 0 spiro atoms. The molecule has 0 fully saturated rings. The van der Waals surface area contributed by atoms with Gasteiger partial charge in [-0.3, -0.25) is 9.57 Å².